The van der Waals surface area contributed by atoms with Crippen LogP contribution in [0.3, 0.4) is 0 Å². The van der Waals surface area contributed by atoms with Gasteiger partial charge in [-0.25, -0.2) is 4.98 Å². The maximum absolute atomic E-state index is 12.7. The summed E-state index contributed by atoms with van der Waals surface area (Å²) < 4.78 is 1.88. The molecule has 0 spiro atoms. The third kappa shape index (κ3) is 3.70. The predicted octanol–water partition coefficient (Wildman–Crippen LogP) is 0.489. The van der Waals surface area contributed by atoms with Gasteiger partial charge in [0, 0.05) is 62.9 Å². The Morgan fingerprint density at radius 3 is 2.81 bits per heavy atom. The molecule has 1 atom stereocenters. The highest BCUT2D eigenvalue weighted by Crippen LogP contribution is 2.23. The molecule has 2 aliphatic rings. The molecular formula is C18H25N7O. The molecule has 8 heteroatoms. The summed E-state index contributed by atoms with van der Waals surface area (Å²) in [5, 5.41) is 7.84. The van der Waals surface area contributed by atoms with Crippen LogP contribution in [0.15, 0.2) is 30.9 Å². The summed E-state index contributed by atoms with van der Waals surface area (Å²) in [7, 11) is 0. The second kappa shape index (κ2) is 7.82. The smallest absolute Gasteiger partial charge is 0.244 e. The highest BCUT2D eigenvalue weighted by molar-refractivity contribution is 5.76. The maximum Gasteiger partial charge on any atom is 0.244 e. The molecule has 4 heterocycles. The van der Waals surface area contributed by atoms with Crippen molar-refractivity contribution in [1.82, 2.24) is 30.0 Å². The molecular weight excluding hydrogens is 330 g/mol. The maximum atomic E-state index is 12.7. The van der Waals surface area contributed by atoms with Crippen molar-refractivity contribution in [2.75, 3.05) is 44.2 Å². The summed E-state index contributed by atoms with van der Waals surface area (Å²) in [6.45, 7) is 5.35. The summed E-state index contributed by atoms with van der Waals surface area (Å²) in [5.41, 5.74) is 1.17. The van der Waals surface area contributed by atoms with E-state index < -0.39 is 0 Å². The SMILES string of the molecule is O=C(Cn1nccc1[C@H]1CCCNC1)N1CCN(c2cnccn2)CC1. The van der Waals surface area contributed by atoms with E-state index in [0.29, 0.717) is 25.6 Å². The number of carbonyl (C=O) groups excluding carboxylic acids is 1. The molecule has 4 rings (SSSR count). The van der Waals surface area contributed by atoms with Gasteiger partial charge in [0.2, 0.25) is 5.91 Å². The average Bonchev–Trinajstić information content (AvgIpc) is 3.17. The Balaban J connectivity index is 1.34. The number of piperazine rings is 1. The summed E-state index contributed by atoms with van der Waals surface area (Å²) in [5.74, 6) is 1.46. The standard InChI is InChI=1S/C18H25N7O/c26-18(14-25-16(3-5-22-25)15-2-1-4-19-12-15)24-10-8-23(9-11-24)17-13-20-6-7-21-17/h3,5-7,13,15,19H,1-2,4,8-12,14H2/t15-/m0/s1. The van der Waals surface area contributed by atoms with Crippen LogP contribution in [0.5, 0.6) is 0 Å². The van der Waals surface area contributed by atoms with Crippen molar-refractivity contribution < 1.29 is 4.79 Å². The number of carbonyl (C=O) groups is 1. The highest BCUT2D eigenvalue weighted by Gasteiger charge is 2.24. The van der Waals surface area contributed by atoms with E-state index in [2.05, 4.69) is 31.3 Å². The first-order valence-corrected chi connectivity index (χ1v) is 9.32. The number of piperidine rings is 1. The molecule has 0 unspecified atom stereocenters. The van der Waals surface area contributed by atoms with E-state index in [4.69, 9.17) is 0 Å². The van der Waals surface area contributed by atoms with Crippen LogP contribution in [0.1, 0.15) is 24.5 Å². The van der Waals surface area contributed by atoms with Crippen LogP contribution in [-0.2, 0) is 11.3 Å². The Morgan fingerprint density at radius 2 is 2.08 bits per heavy atom. The second-order valence-electron chi connectivity index (χ2n) is 6.89. The first-order chi connectivity index (χ1) is 12.8. The van der Waals surface area contributed by atoms with Gasteiger partial charge in [-0.3, -0.25) is 14.5 Å². The van der Waals surface area contributed by atoms with Crippen molar-refractivity contribution in [2.45, 2.75) is 25.3 Å². The van der Waals surface area contributed by atoms with Crippen LogP contribution in [-0.4, -0.2) is 69.8 Å². The number of rotatable bonds is 4. The van der Waals surface area contributed by atoms with E-state index >= 15 is 0 Å². The van der Waals surface area contributed by atoms with Gasteiger partial charge in [-0.1, -0.05) is 0 Å². The van der Waals surface area contributed by atoms with Crippen molar-refractivity contribution in [2.24, 2.45) is 0 Å². The number of hydrogen-bond acceptors (Lipinski definition) is 6. The van der Waals surface area contributed by atoms with Crippen LogP contribution >= 0.6 is 0 Å². The number of aromatic nitrogens is 4. The minimum Gasteiger partial charge on any atom is -0.352 e. The Labute approximate surface area is 153 Å². The first-order valence-electron chi connectivity index (χ1n) is 9.32. The molecule has 26 heavy (non-hydrogen) atoms. The highest BCUT2D eigenvalue weighted by atomic mass is 16.2. The van der Waals surface area contributed by atoms with Crippen LogP contribution < -0.4 is 10.2 Å². The second-order valence-corrected chi connectivity index (χ2v) is 6.89. The van der Waals surface area contributed by atoms with Crippen molar-refractivity contribution >= 4 is 11.7 Å². The number of nitrogens with zero attached hydrogens (tertiary/aromatic N) is 6. The number of amides is 1. The molecule has 1 N–H and O–H groups in total. The minimum atomic E-state index is 0.137. The van der Waals surface area contributed by atoms with Crippen LogP contribution in [0.25, 0.3) is 0 Å². The van der Waals surface area contributed by atoms with Gasteiger partial charge in [0.25, 0.3) is 0 Å². The number of hydrogen-bond donors (Lipinski definition) is 1. The summed E-state index contributed by atoms with van der Waals surface area (Å²) in [6, 6.07) is 2.05. The molecule has 8 nitrogen and oxygen atoms in total. The lowest BCUT2D eigenvalue weighted by Crippen LogP contribution is -2.50. The van der Waals surface area contributed by atoms with Gasteiger partial charge in [0.05, 0.1) is 6.20 Å². The summed E-state index contributed by atoms with van der Waals surface area (Å²) in [6.07, 6.45) is 9.28. The third-order valence-electron chi connectivity index (χ3n) is 5.26. The normalized spacial score (nSPS) is 21.0. The topological polar surface area (TPSA) is 79.2 Å². The predicted molar refractivity (Wildman–Crippen MR) is 97.9 cm³/mol. The van der Waals surface area contributed by atoms with Gasteiger partial charge in [0.1, 0.15) is 12.4 Å². The molecule has 2 aromatic heterocycles. The molecule has 0 bridgehead atoms. The average molecular weight is 355 g/mol. The molecule has 0 radical (unpaired) electrons. The van der Waals surface area contributed by atoms with E-state index in [9.17, 15) is 4.79 Å². The number of nitrogens with one attached hydrogen (secondary N) is 1. The fourth-order valence-electron chi connectivity index (χ4n) is 3.79. The summed E-state index contributed by atoms with van der Waals surface area (Å²) >= 11 is 0. The lowest BCUT2D eigenvalue weighted by Gasteiger charge is -2.35. The van der Waals surface area contributed by atoms with E-state index in [0.717, 1.165) is 38.4 Å². The molecule has 0 saturated carbocycles. The number of anilines is 1. The minimum absolute atomic E-state index is 0.137. The molecule has 0 aromatic carbocycles. The van der Waals surface area contributed by atoms with Gasteiger partial charge in [0.15, 0.2) is 0 Å². The Bertz CT molecular complexity index is 718. The molecule has 138 valence electrons. The monoisotopic (exact) mass is 355 g/mol. The van der Waals surface area contributed by atoms with Gasteiger partial charge >= 0.3 is 0 Å². The molecule has 2 aromatic rings. The molecule has 2 aliphatic heterocycles. The third-order valence-corrected chi connectivity index (χ3v) is 5.26. The van der Waals surface area contributed by atoms with E-state index in [1.54, 1.807) is 18.6 Å². The van der Waals surface area contributed by atoms with Crippen LogP contribution in [0, 0.1) is 0 Å². The Morgan fingerprint density at radius 1 is 1.19 bits per heavy atom. The fourth-order valence-corrected chi connectivity index (χ4v) is 3.79. The van der Waals surface area contributed by atoms with Crippen molar-refractivity contribution in [3.63, 3.8) is 0 Å². The largest absolute Gasteiger partial charge is 0.352 e. The zero-order valence-electron chi connectivity index (χ0n) is 14.9. The zero-order valence-corrected chi connectivity index (χ0v) is 14.9. The molecule has 2 fully saturated rings. The lowest BCUT2D eigenvalue weighted by atomic mass is 9.96. The van der Waals surface area contributed by atoms with Gasteiger partial charge in [-0.2, -0.15) is 5.10 Å². The lowest BCUT2D eigenvalue weighted by molar-refractivity contribution is -0.132. The Kier molecular flexibility index (Phi) is 5.10. The van der Waals surface area contributed by atoms with Crippen molar-refractivity contribution in [3.05, 3.63) is 36.5 Å². The van der Waals surface area contributed by atoms with E-state index in [-0.39, 0.29) is 5.91 Å². The van der Waals surface area contributed by atoms with E-state index in [1.165, 1.54) is 12.1 Å². The zero-order chi connectivity index (χ0) is 17.8. The molecule has 1 amide bonds. The quantitative estimate of drug-likeness (QED) is 0.860. The fraction of sp³-hybridized carbons (Fsp3) is 0.556. The molecule has 2 saturated heterocycles. The van der Waals surface area contributed by atoms with Crippen LogP contribution in [0.4, 0.5) is 5.82 Å². The van der Waals surface area contributed by atoms with Crippen LogP contribution in [0.2, 0.25) is 0 Å². The molecule has 0 aliphatic carbocycles. The summed E-state index contributed by atoms with van der Waals surface area (Å²) in [4.78, 5) is 25.3. The van der Waals surface area contributed by atoms with Gasteiger partial charge in [-0.15, -0.1) is 0 Å². The first kappa shape index (κ1) is 17.0. The van der Waals surface area contributed by atoms with Gasteiger partial charge < -0.3 is 15.1 Å². The van der Waals surface area contributed by atoms with E-state index in [1.807, 2.05) is 15.8 Å². The van der Waals surface area contributed by atoms with Crippen molar-refractivity contribution in [1.29, 1.82) is 0 Å². The van der Waals surface area contributed by atoms with Gasteiger partial charge in [-0.05, 0) is 25.5 Å². The van der Waals surface area contributed by atoms with Crippen molar-refractivity contribution in [3.8, 4) is 0 Å². The Hall–Kier alpha value is -2.48.